The van der Waals surface area contributed by atoms with Crippen LogP contribution in [0.25, 0.3) is 0 Å². The molecule has 1 saturated carbocycles. The molecule has 17 heavy (non-hydrogen) atoms. The Bertz CT molecular complexity index is 215. The number of ether oxygens (including phenoxy) is 1. The van der Waals surface area contributed by atoms with Crippen LogP contribution < -0.4 is 5.32 Å². The molecule has 2 rings (SSSR count). The van der Waals surface area contributed by atoms with Crippen LogP contribution in [0.2, 0.25) is 0 Å². The van der Waals surface area contributed by atoms with Gasteiger partial charge in [-0.2, -0.15) is 0 Å². The van der Waals surface area contributed by atoms with Gasteiger partial charge in [0.05, 0.1) is 6.61 Å². The Hall–Kier alpha value is -0.0800. The quantitative estimate of drug-likeness (QED) is 0.794. The monoisotopic (exact) mass is 239 g/mol. The second-order valence-corrected chi connectivity index (χ2v) is 6.55. The van der Waals surface area contributed by atoms with Crippen LogP contribution in [0.1, 0.15) is 58.8 Å². The zero-order valence-corrected chi connectivity index (χ0v) is 11.6. The Morgan fingerprint density at radius 1 is 1.24 bits per heavy atom. The molecule has 2 heteroatoms. The van der Waals surface area contributed by atoms with Crippen molar-refractivity contribution in [1.29, 1.82) is 0 Å². The first-order chi connectivity index (χ1) is 8.20. The predicted molar refractivity (Wildman–Crippen MR) is 72.2 cm³/mol. The molecule has 1 aliphatic carbocycles. The lowest BCUT2D eigenvalue weighted by atomic mass is 9.74. The van der Waals surface area contributed by atoms with E-state index in [2.05, 4.69) is 19.2 Å². The van der Waals surface area contributed by atoms with Gasteiger partial charge >= 0.3 is 0 Å². The van der Waals surface area contributed by atoms with Crippen molar-refractivity contribution in [1.82, 2.24) is 5.32 Å². The van der Waals surface area contributed by atoms with Crippen LogP contribution in [0.4, 0.5) is 0 Å². The van der Waals surface area contributed by atoms with E-state index >= 15 is 0 Å². The number of hydrogen-bond donors (Lipinski definition) is 1. The topological polar surface area (TPSA) is 21.3 Å². The summed E-state index contributed by atoms with van der Waals surface area (Å²) in [5.41, 5.74) is 0.451. The summed E-state index contributed by atoms with van der Waals surface area (Å²) in [5.74, 6) is 0.972. The van der Waals surface area contributed by atoms with Crippen LogP contribution in [0, 0.1) is 11.3 Å². The van der Waals surface area contributed by atoms with Gasteiger partial charge in [-0.25, -0.2) is 0 Å². The predicted octanol–water partition coefficient (Wildman–Crippen LogP) is 3.36. The molecule has 1 atom stereocenters. The third-order valence-corrected chi connectivity index (χ3v) is 4.52. The first-order valence-corrected chi connectivity index (χ1v) is 7.51. The highest BCUT2D eigenvalue weighted by Gasteiger charge is 2.37. The molecule has 0 amide bonds. The molecule has 0 radical (unpaired) electrons. The summed E-state index contributed by atoms with van der Waals surface area (Å²) in [6.45, 7) is 7.60. The molecule has 0 bridgehead atoms. The molecular formula is C15H29NO. The van der Waals surface area contributed by atoms with E-state index in [1.807, 2.05) is 0 Å². The summed E-state index contributed by atoms with van der Waals surface area (Å²) < 4.78 is 5.69. The average Bonchev–Trinajstić information content (AvgIpc) is 2.77. The summed E-state index contributed by atoms with van der Waals surface area (Å²) in [5, 5.41) is 3.64. The van der Waals surface area contributed by atoms with E-state index < -0.39 is 0 Å². The van der Waals surface area contributed by atoms with Gasteiger partial charge in [-0.15, -0.1) is 0 Å². The fraction of sp³-hybridized carbons (Fsp3) is 1.00. The maximum atomic E-state index is 5.69. The second-order valence-electron chi connectivity index (χ2n) is 6.55. The van der Waals surface area contributed by atoms with Crippen LogP contribution in [0.15, 0.2) is 0 Å². The largest absolute Gasteiger partial charge is 0.381 e. The van der Waals surface area contributed by atoms with E-state index in [1.165, 1.54) is 44.9 Å². The maximum absolute atomic E-state index is 5.69. The molecule has 1 N–H and O–H groups in total. The normalized spacial score (nSPS) is 31.2. The van der Waals surface area contributed by atoms with E-state index in [0.717, 1.165) is 25.7 Å². The van der Waals surface area contributed by atoms with Gasteiger partial charge in [-0.3, -0.25) is 0 Å². The maximum Gasteiger partial charge on any atom is 0.0535 e. The van der Waals surface area contributed by atoms with Crippen molar-refractivity contribution in [2.75, 3.05) is 19.8 Å². The summed E-state index contributed by atoms with van der Waals surface area (Å²) in [6.07, 6.45) is 9.96. The van der Waals surface area contributed by atoms with Gasteiger partial charge < -0.3 is 10.1 Å². The Kier molecular flexibility index (Phi) is 4.87. The lowest BCUT2D eigenvalue weighted by molar-refractivity contribution is 0.120. The number of nitrogens with one attached hydrogen (secondary N) is 1. The van der Waals surface area contributed by atoms with Crippen LogP contribution in [-0.2, 0) is 4.74 Å². The molecule has 0 aromatic carbocycles. The van der Waals surface area contributed by atoms with Gasteiger partial charge in [0, 0.05) is 24.6 Å². The summed E-state index contributed by atoms with van der Waals surface area (Å²) in [4.78, 5) is 0. The summed E-state index contributed by atoms with van der Waals surface area (Å²) in [6, 6.07) is 0.596. The summed E-state index contributed by atoms with van der Waals surface area (Å²) >= 11 is 0. The van der Waals surface area contributed by atoms with E-state index in [4.69, 9.17) is 4.74 Å². The van der Waals surface area contributed by atoms with E-state index in [9.17, 15) is 0 Å². The highest BCUT2D eigenvalue weighted by Crippen LogP contribution is 2.39. The Morgan fingerprint density at radius 3 is 2.59 bits per heavy atom. The molecular weight excluding hydrogens is 210 g/mol. The summed E-state index contributed by atoms with van der Waals surface area (Å²) in [7, 11) is 0. The van der Waals surface area contributed by atoms with Gasteiger partial charge in [-0.05, 0) is 18.8 Å². The third-order valence-electron chi connectivity index (χ3n) is 4.52. The fourth-order valence-corrected chi connectivity index (χ4v) is 3.45. The fourth-order valence-electron chi connectivity index (χ4n) is 3.45. The van der Waals surface area contributed by atoms with Gasteiger partial charge in [0.25, 0.3) is 0 Å². The minimum absolute atomic E-state index is 0.451. The van der Waals surface area contributed by atoms with Gasteiger partial charge in [0.1, 0.15) is 0 Å². The third kappa shape index (κ3) is 3.96. The minimum Gasteiger partial charge on any atom is -0.381 e. The van der Waals surface area contributed by atoms with Crippen molar-refractivity contribution in [3.8, 4) is 0 Å². The van der Waals surface area contributed by atoms with E-state index in [1.54, 1.807) is 0 Å². The zero-order chi connectivity index (χ0) is 12.1. The molecule has 1 heterocycles. The standard InChI is InChI=1S/C15H29NO/c1-13(2)16-11-15(8-9-17-12-15)10-14-6-4-3-5-7-14/h13-14,16H,3-12H2,1-2H3. The molecule has 2 fully saturated rings. The van der Waals surface area contributed by atoms with Crippen LogP contribution in [-0.4, -0.2) is 25.8 Å². The van der Waals surface area contributed by atoms with Crippen LogP contribution in [0.3, 0.4) is 0 Å². The lowest BCUT2D eigenvalue weighted by Crippen LogP contribution is -2.39. The Morgan fingerprint density at radius 2 is 2.00 bits per heavy atom. The smallest absolute Gasteiger partial charge is 0.0535 e. The van der Waals surface area contributed by atoms with Crippen LogP contribution in [0.5, 0.6) is 0 Å². The second kappa shape index (κ2) is 6.19. The molecule has 2 aliphatic rings. The van der Waals surface area contributed by atoms with Gasteiger partial charge in [0.2, 0.25) is 0 Å². The van der Waals surface area contributed by atoms with Crippen molar-refractivity contribution < 1.29 is 4.74 Å². The minimum atomic E-state index is 0.451. The molecule has 2 nitrogen and oxygen atoms in total. The van der Waals surface area contributed by atoms with Gasteiger partial charge in [0.15, 0.2) is 0 Å². The molecule has 1 aliphatic heterocycles. The number of hydrogen-bond acceptors (Lipinski definition) is 2. The van der Waals surface area contributed by atoms with Crippen molar-refractivity contribution in [3.05, 3.63) is 0 Å². The van der Waals surface area contributed by atoms with Crippen molar-refractivity contribution in [2.24, 2.45) is 11.3 Å². The van der Waals surface area contributed by atoms with Gasteiger partial charge in [-0.1, -0.05) is 46.0 Å². The molecule has 0 aromatic heterocycles. The Balaban J connectivity index is 1.86. The highest BCUT2D eigenvalue weighted by atomic mass is 16.5. The van der Waals surface area contributed by atoms with Crippen molar-refractivity contribution in [2.45, 2.75) is 64.8 Å². The first kappa shape index (κ1) is 13.4. The van der Waals surface area contributed by atoms with Crippen molar-refractivity contribution in [3.63, 3.8) is 0 Å². The molecule has 0 spiro atoms. The molecule has 100 valence electrons. The van der Waals surface area contributed by atoms with E-state index in [0.29, 0.717) is 11.5 Å². The lowest BCUT2D eigenvalue weighted by Gasteiger charge is -2.34. The number of rotatable bonds is 5. The zero-order valence-electron chi connectivity index (χ0n) is 11.6. The van der Waals surface area contributed by atoms with E-state index in [-0.39, 0.29) is 0 Å². The highest BCUT2D eigenvalue weighted by molar-refractivity contribution is 4.88. The van der Waals surface area contributed by atoms with Crippen LogP contribution >= 0.6 is 0 Å². The molecule has 0 aromatic rings. The molecule has 1 saturated heterocycles. The van der Waals surface area contributed by atoms with Crippen molar-refractivity contribution >= 4 is 0 Å². The first-order valence-electron chi connectivity index (χ1n) is 7.51. The average molecular weight is 239 g/mol. The SMILES string of the molecule is CC(C)NCC1(CC2CCCCC2)CCOC1. The Labute approximate surface area is 107 Å². The molecule has 1 unspecified atom stereocenters.